The molecule has 0 radical (unpaired) electrons. The van der Waals surface area contributed by atoms with Crippen molar-refractivity contribution in [1.29, 1.82) is 0 Å². The molecule has 3 nitrogen and oxygen atoms in total. The molecule has 2 N–H and O–H groups in total. The van der Waals surface area contributed by atoms with Gasteiger partial charge >= 0.3 is 0 Å². The number of aromatic nitrogens is 1. The first-order chi connectivity index (χ1) is 9.68. The van der Waals surface area contributed by atoms with Crippen molar-refractivity contribution < 1.29 is 0 Å². The Morgan fingerprint density at radius 1 is 1.15 bits per heavy atom. The molecule has 0 atom stereocenters. The summed E-state index contributed by atoms with van der Waals surface area (Å²) in [6.07, 6.45) is 12.4. The molecule has 1 aromatic heterocycles. The van der Waals surface area contributed by atoms with E-state index in [0.717, 1.165) is 30.0 Å². The van der Waals surface area contributed by atoms with Crippen LogP contribution >= 0.6 is 0 Å². The zero-order valence-electron chi connectivity index (χ0n) is 12.4. The van der Waals surface area contributed by atoms with Crippen molar-refractivity contribution in [2.24, 2.45) is 17.8 Å². The molecule has 108 valence electrons. The van der Waals surface area contributed by atoms with Crippen molar-refractivity contribution in [3.05, 3.63) is 18.5 Å². The number of nitrogens with zero attached hydrogens (tertiary/aromatic N) is 2. The van der Waals surface area contributed by atoms with Gasteiger partial charge in [0.1, 0.15) is 0 Å². The highest BCUT2D eigenvalue weighted by Gasteiger charge is 2.53. The van der Waals surface area contributed by atoms with Crippen molar-refractivity contribution in [2.75, 3.05) is 17.2 Å². The van der Waals surface area contributed by atoms with Gasteiger partial charge in [0.2, 0.25) is 0 Å². The molecule has 4 aliphatic rings. The Morgan fingerprint density at radius 2 is 1.75 bits per heavy atom. The quantitative estimate of drug-likeness (QED) is 0.915. The lowest BCUT2D eigenvalue weighted by Crippen LogP contribution is -2.60. The molecular weight excluding hydrogens is 246 g/mol. The molecule has 0 saturated heterocycles. The molecule has 1 aromatic rings. The Bertz CT molecular complexity index is 475. The summed E-state index contributed by atoms with van der Waals surface area (Å²) in [5, 5.41) is 0. The van der Waals surface area contributed by atoms with Gasteiger partial charge in [0.15, 0.2) is 0 Å². The van der Waals surface area contributed by atoms with Gasteiger partial charge in [-0.2, -0.15) is 0 Å². The Morgan fingerprint density at radius 3 is 2.25 bits per heavy atom. The molecule has 0 amide bonds. The second-order valence-corrected chi connectivity index (χ2v) is 7.36. The zero-order chi connectivity index (χ0) is 13.7. The van der Waals surface area contributed by atoms with Gasteiger partial charge in [-0.1, -0.05) is 0 Å². The van der Waals surface area contributed by atoms with Crippen LogP contribution in [0.5, 0.6) is 0 Å². The summed E-state index contributed by atoms with van der Waals surface area (Å²) in [6.45, 7) is 3.35. The van der Waals surface area contributed by atoms with Crippen molar-refractivity contribution in [3.8, 4) is 0 Å². The summed E-state index contributed by atoms with van der Waals surface area (Å²) >= 11 is 0. The Kier molecular flexibility index (Phi) is 2.73. The molecule has 4 fully saturated rings. The number of nitrogens with two attached hydrogens (primary N) is 1. The lowest BCUT2D eigenvalue weighted by Gasteiger charge is -2.61. The number of rotatable bonds is 3. The monoisotopic (exact) mass is 271 g/mol. The van der Waals surface area contributed by atoms with E-state index in [0.29, 0.717) is 5.54 Å². The fourth-order valence-corrected chi connectivity index (χ4v) is 5.78. The molecule has 0 spiro atoms. The topological polar surface area (TPSA) is 42.2 Å². The summed E-state index contributed by atoms with van der Waals surface area (Å²) in [7, 11) is 0. The van der Waals surface area contributed by atoms with E-state index < -0.39 is 0 Å². The molecule has 0 unspecified atom stereocenters. The van der Waals surface area contributed by atoms with E-state index in [1.54, 1.807) is 6.20 Å². The SMILES string of the molecule is CCN(c1cncc(N)c1)C12CC3CC(CC(C3)C1)C2. The van der Waals surface area contributed by atoms with Crippen molar-refractivity contribution in [3.63, 3.8) is 0 Å². The van der Waals surface area contributed by atoms with Gasteiger partial charge in [0.25, 0.3) is 0 Å². The van der Waals surface area contributed by atoms with E-state index >= 15 is 0 Å². The molecule has 20 heavy (non-hydrogen) atoms. The van der Waals surface area contributed by atoms with Gasteiger partial charge in [-0.15, -0.1) is 0 Å². The van der Waals surface area contributed by atoms with Crippen LogP contribution in [0.2, 0.25) is 0 Å². The van der Waals surface area contributed by atoms with Gasteiger partial charge in [0, 0.05) is 18.3 Å². The van der Waals surface area contributed by atoms with E-state index in [2.05, 4.69) is 22.9 Å². The van der Waals surface area contributed by atoms with Crippen molar-refractivity contribution >= 4 is 11.4 Å². The van der Waals surface area contributed by atoms with Gasteiger partial charge < -0.3 is 10.6 Å². The van der Waals surface area contributed by atoms with Crippen LogP contribution in [0.1, 0.15) is 45.4 Å². The fourth-order valence-electron chi connectivity index (χ4n) is 5.78. The van der Waals surface area contributed by atoms with Crippen LogP contribution in [0, 0.1) is 17.8 Å². The van der Waals surface area contributed by atoms with Crippen LogP contribution in [0.3, 0.4) is 0 Å². The predicted molar refractivity (Wildman–Crippen MR) is 82.6 cm³/mol. The summed E-state index contributed by atoms with van der Waals surface area (Å²) in [5.74, 6) is 2.93. The molecule has 4 bridgehead atoms. The van der Waals surface area contributed by atoms with Crippen molar-refractivity contribution in [2.45, 2.75) is 51.0 Å². The normalized spacial score (nSPS) is 38.1. The Balaban J connectivity index is 1.70. The molecule has 4 saturated carbocycles. The van der Waals surface area contributed by atoms with Crippen LogP contribution in [0.25, 0.3) is 0 Å². The largest absolute Gasteiger partial charge is 0.397 e. The van der Waals surface area contributed by atoms with E-state index in [9.17, 15) is 0 Å². The molecular formula is C17H25N3. The minimum absolute atomic E-state index is 0.402. The smallest absolute Gasteiger partial charge is 0.0577 e. The van der Waals surface area contributed by atoms with E-state index in [1.807, 2.05) is 6.20 Å². The number of nitrogen functional groups attached to an aromatic ring is 1. The standard InChI is InChI=1S/C17H25N3/c1-2-20(16-6-15(18)10-19-11-16)17-7-12-3-13(8-17)5-14(4-12)9-17/h6,10-14H,2-5,7-9,18H2,1H3. The third kappa shape index (κ3) is 1.82. The first-order valence-corrected chi connectivity index (χ1v) is 8.17. The second-order valence-electron chi connectivity index (χ2n) is 7.36. The molecule has 5 rings (SSSR count). The van der Waals surface area contributed by atoms with Gasteiger partial charge in [-0.3, -0.25) is 4.98 Å². The average molecular weight is 271 g/mol. The predicted octanol–water partition coefficient (Wildman–Crippen LogP) is 3.46. The molecule has 3 heteroatoms. The van der Waals surface area contributed by atoms with E-state index in [4.69, 9.17) is 5.73 Å². The molecule has 1 heterocycles. The fraction of sp³-hybridized carbons (Fsp3) is 0.706. The summed E-state index contributed by atoms with van der Waals surface area (Å²) < 4.78 is 0. The molecule has 0 aliphatic heterocycles. The number of anilines is 2. The first kappa shape index (κ1) is 12.5. The highest BCUT2D eigenvalue weighted by atomic mass is 15.2. The Hall–Kier alpha value is -1.25. The highest BCUT2D eigenvalue weighted by molar-refractivity contribution is 5.55. The third-order valence-electron chi connectivity index (χ3n) is 5.95. The highest BCUT2D eigenvalue weighted by Crippen LogP contribution is 2.58. The molecule has 4 aliphatic carbocycles. The van der Waals surface area contributed by atoms with Crippen LogP contribution in [-0.4, -0.2) is 17.1 Å². The van der Waals surface area contributed by atoms with E-state index in [1.165, 1.54) is 44.2 Å². The summed E-state index contributed by atoms with van der Waals surface area (Å²) in [4.78, 5) is 6.94. The third-order valence-corrected chi connectivity index (χ3v) is 5.95. The van der Waals surface area contributed by atoms with Crippen LogP contribution in [0.15, 0.2) is 18.5 Å². The first-order valence-electron chi connectivity index (χ1n) is 8.17. The van der Waals surface area contributed by atoms with Crippen LogP contribution < -0.4 is 10.6 Å². The lowest BCUT2D eigenvalue weighted by atomic mass is 9.52. The second kappa shape index (κ2) is 4.37. The maximum atomic E-state index is 5.95. The zero-order valence-corrected chi connectivity index (χ0v) is 12.4. The summed E-state index contributed by atoms with van der Waals surface area (Å²) in [6, 6.07) is 2.11. The van der Waals surface area contributed by atoms with Gasteiger partial charge in [-0.05, 0) is 69.3 Å². The average Bonchev–Trinajstić information content (AvgIpc) is 2.37. The maximum Gasteiger partial charge on any atom is 0.0577 e. The Labute approximate surface area is 121 Å². The maximum absolute atomic E-state index is 5.95. The van der Waals surface area contributed by atoms with Gasteiger partial charge in [-0.25, -0.2) is 0 Å². The molecule has 0 aromatic carbocycles. The lowest BCUT2D eigenvalue weighted by molar-refractivity contribution is -0.00390. The number of hydrogen-bond acceptors (Lipinski definition) is 3. The minimum atomic E-state index is 0.402. The van der Waals surface area contributed by atoms with Gasteiger partial charge in [0.05, 0.1) is 17.6 Å². The van der Waals surface area contributed by atoms with Crippen LogP contribution in [0.4, 0.5) is 11.4 Å². The van der Waals surface area contributed by atoms with E-state index in [-0.39, 0.29) is 0 Å². The number of pyridine rings is 1. The van der Waals surface area contributed by atoms with Crippen molar-refractivity contribution in [1.82, 2.24) is 4.98 Å². The van der Waals surface area contributed by atoms with Crippen LogP contribution in [-0.2, 0) is 0 Å². The minimum Gasteiger partial charge on any atom is -0.397 e. The number of hydrogen-bond donors (Lipinski definition) is 1. The summed E-state index contributed by atoms with van der Waals surface area (Å²) in [5.41, 5.74) is 8.37.